The normalized spacial score (nSPS) is 11.6. The third kappa shape index (κ3) is 4.27. The first kappa shape index (κ1) is 21.4. The summed E-state index contributed by atoms with van der Waals surface area (Å²) in [6, 6.07) is 12.7. The van der Waals surface area contributed by atoms with Crippen LogP contribution in [0, 0.1) is 0 Å². The second-order valence-electron chi connectivity index (χ2n) is 7.34. The van der Waals surface area contributed by atoms with E-state index in [0.717, 1.165) is 22.4 Å². The molecular formula is C23H19F3N4O2. The second-order valence-corrected chi connectivity index (χ2v) is 7.34. The molecule has 2 aromatic heterocycles. The van der Waals surface area contributed by atoms with Crippen LogP contribution in [0.25, 0.3) is 16.6 Å². The highest BCUT2D eigenvalue weighted by atomic mass is 19.4. The predicted molar refractivity (Wildman–Crippen MR) is 114 cm³/mol. The van der Waals surface area contributed by atoms with Crippen molar-refractivity contribution in [1.29, 1.82) is 0 Å². The molecule has 0 radical (unpaired) electrons. The number of aromatic nitrogens is 3. The SMILES string of the molecule is Cn1cnc(CCNC(=O)c2cc3ccccc3n(-c3cccc(C(F)(F)F)c3)c2=O)c1. The van der Waals surface area contributed by atoms with Crippen LogP contribution in [0.5, 0.6) is 0 Å². The van der Waals surface area contributed by atoms with Crippen LogP contribution in [0.15, 0.2) is 71.9 Å². The summed E-state index contributed by atoms with van der Waals surface area (Å²) < 4.78 is 42.6. The number of alkyl halides is 3. The Morgan fingerprint density at radius 2 is 1.88 bits per heavy atom. The zero-order valence-corrected chi connectivity index (χ0v) is 17.1. The van der Waals surface area contributed by atoms with Crippen molar-refractivity contribution in [3.05, 3.63) is 94.3 Å². The average molecular weight is 440 g/mol. The van der Waals surface area contributed by atoms with E-state index < -0.39 is 23.2 Å². The fourth-order valence-corrected chi connectivity index (χ4v) is 3.50. The van der Waals surface area contributed by atoms with Crippen molar-refractivity contribution in [3.63, 3.8) is 0 Å². The van der Waals surface area contributed by atoms with Crippen LogP contribution in [-0.2, 0) is 19.6 Å². The van der Waals surface area contributed by atoms with Gasteiger partial charge in [-0.05, 0) is 35.7 Å². The largest absolute Gasteiger partial charge is 0.416 e. The number of para-hydroxylation sites is 1. The number of amides is 1. The van der Waals surface area contributed by atoms with E-state index in [9.17, 15) is 22.8 Å². The van der Waals surface area contributed by atoms with Crippen LogP contribution in [0.3, 0.4) is 0 Å². The molecule has 4 aromatic rings. The van der Waals surface area contributed by atoms with Gasteiger partial charge in [0.1, 0.15) is 5.56 Å². The molecule has 0 aliphatic rings. The summed E-state index contributed by atoms with van der Waals surface area (Å²) >= 11 is 0. The van der Waals surface area contributed by atoms with E-state index in [0.29, 0.717) is 17.3 Å². The summed E-state index contributed by atoms with van der Waals surface area (Å²) in [5, 5.41) is 3.25. The zero-order valence-electron chi connectivity index (χ0n) is 17.1. The van der Waals surface area contributed by atoms with Crippen LogP contribution in [0.2, 0.25) is 0 Å². The number of benzene rings is 2. The Morgan fingerprint density at radius 3 is 2.59 bits per heavy atom. The average Bonchev–Trinajstić information content (AvgIpc) is 3.17. The van der Waals surface area contributed by atoms with Crippen molar-refractivity contribution in [1.82, 2.24) is 19.4 Å². The number of halogens is 3. The number of nitrogens with one attached hydrogen (secondary N) is 1. The molecule has 32 heavy (non-hydrogen) atoms. The van der Waals surface area contributed by atoms with Crippen molar-refractivity contribution in [3.8, 4) is 5.69 Å². The van der Waals surface area contributed by atoms with Gasteiger partial charge in [0.25, 0.3) is 11.5 Å². The fourth-order valence-electron chi connectivity index (χ4n) is 3.50. The van der Waals surface area contributed by atoms with Crippen LogP contribution in [0.4, 0.5) is 13.2 Å². The van der Waals surface area contributed by atoms with Gasteiger partial charge in [0.05, 0.1) is 23.1 Å². The standard InChI is InChI=1S/C23H19F3N4O2/c1-29-13-17(28-14-29)9-10-27-21(31)19-11-15-5-2-3-8-20(15)30(22(19)32)18-7-4-6-16(12-18)23(24,25)26/h2-8,11-14H,9-10H2,1H3,(H,27,31). The third-order valence-corrected chi connectivity index (χ3v) is 5.01. The van der Waals surface area contributed by atoms with Gasteiger partial charge in [0.2, 0.25) is 0 Å². The number of aryl methyl sites for hydroxylation is 1. The van der Waals surface area contributed by atoms with Crippen molar-refractivity contribution in [2.75, 3.05) is 6.54 Å². The summed E-state index contributed by atoms with van der Waals surface area (Å²) in [4.78, 5) is 30.2. The number of pyridine rings is 1. The van der Waals surface area contributed by atoms with Gasteiger partial charge >= 0.3 is 6.18 Å². The molecule has 0 fully saturated rings. The first-order valence-corrected chi connectivity index (χ1v) is 9.81. The summed E-state index contributed by atoms with van der Waals surface area (Å²) in [5.41, 5.74) is -0.504. The Hall–Kier alpha value is -3.88. The van der Waals surface area contributed by atoms with E-state index in [1.807, 2.05) is 13.2 Å². The highest BCUT2D eigenvalue weighted by molar-refractivity contribution is 5.97. The Labute approximate surface area is 180 Å². The van der Waals surface area contributed by atoms with Crippen molar-refractivity contribution in [2.24, 2.45) is 7.05 Å². The lowest BCUT2D eigenvalue weighted by Crippen LogP contribution is -2.33. The van der Waals surface area contributed by atoms with Gasteiger partial charge in [-0.1, -0.05) is 24.3 Å². The maximum atomic E-state index is 13.2. The number of carbonyl (C=O) groups excluding carboxylic acids is 1. The molecule has 9 heteroatoms. The van der Waals surface area contributed by atoms with Crippen molar-refractivity contribution >= 4 is 16.8 Å². The molecule has 2 aromatic carbocycles. The van der Waals surface area contributed by atoms with Gasteiger partial charge in [-0.15, -0.1) is 0 Å². The molecule has 0 atom stereocenters. The Balaban J connectivity index is 1.73. The Kier molecular flexibility index (Phi) is 5.56. The number of rotatable bonds is 5. The first-order chi connectivity index (χ1) is 15.2. The van der Waals surface area contributed by atoms with Gasteiger partial charge in [0.15, 0.2) is 0 Å². The lowest BCUT2D eigenvalue weighted by molar-refractivity contribution is -0.137. The van der Waals surface area contributed by atoms with Gasteiger partial charge < -0.3 is 9.88 Å². The highest BCUT2D eigenvalue weighted by Gasteiger charge is 2.30. The predicted octanol–water partition coefficient (Wildman–Crippen LogP) is 3.72. The van der Waals surface area contributed by atoms with E-state index >= 15 is 0 Å². The lowest BCUT2D eigenvalue weighted by Gasteiger charge is -2.15. The quantitative estimate of drug-likeness (QED) is 0.514. The molecule has 1 N–H and O–H groups in total. The molecular weight excluding hydrogens is 421 g/mol. The minimum atomic E-state index is -4.56. The molecule has 0 bridgehead atoms. The highest BCUT2D eigenvalue weighted by Crippen LogP contribution is 2.30. The Bertz CT molecular complexity index is 1360. The molecule has 0 saturated heterocycles. The zero-order chi connectivity index (χ0) is 22.9. The molecule has 0 saturated carbocycles. The molecule has 0 spiro atoms. The fraction of sp³-hybridized carbons (Fsp3) is 0.174. The second kappa shape index (κ2) is 8.33. The summed E-state index contributed by atoms with van der Waals surface area (Å²) in [6.45, 7) is 0.256. The number of nitrogens with zero attached hydrogens (tertiary/aromatic N) is 3. The monoisotopic (exact) mass is 440 g/mol. The number of carbonyl (C=O) groups is 1. The van der Waals surface area contributed by atoms with Crippen LogP contribution < -0.4 is 10.9 Å². The molecule has 2 heterocycles. The van der Waals surface area contributed by atoms with E-state index in [-0.39, 0.29) is 17.8 Å². The lowest BCUT2D eigenvalue weighted by atomic mass is 10.1. The molecule has 164 valence electrons. The molecule has 4 rings (SSSR count). The molecule has 0 unspecified atom stereocenters. The summed E-state index contributed by atoms with van der Waals surface area (Å²) in [7, 11) is 1.83. The first-order valence-electron chi connectivity index (χ1n) is 9.81. The van der Waals surface area contributed by atoms with Gasteiger partial charge in [-0.2, -0.15) is 13.2 Å². The summed E-state index contributed by atoms with van der Waals surface area (Å²) in [5.74, 6) is -0.600. The van der Waals surface area contributed by atoms with E-state index in [2.05, 4.69) is 10.3 Å². The minimum Gasteiger partial charge on any atom is -0.351 e. The van der Waals surface area contributed by atoms with E-state index in [4.69, 9.17) is 0 Å². The third-order valence-electron chi connectivity index (χ3n) is 5.01. The van der Waals surface area contributed by atoms with Crippen LogP contribution in [0.1, 0.15) is 21.6 Å². The van der Waals surface area contributed by atoms with Crippen molar-refractivity contribution in [2.45, 2.75) is 12.6 Å². The van der Waals surface area contributed by atoms with Gasteiger partial charge in [0, 0.05) is 31.9 Å². The van der Waals surface area contributed by atoms with Crippen molar-refractivity contribution < 1.29 is 18.0 Å². The van der Waals surface area contributed by atoms with Gasteiger partial charge in [-0.3, -0.25) is 14.2 Å². The molecule has 1 amide bonds. The smallest absolute Gasteiger partial charge is 0.351 e. The maximum absolute atomic E-state index is 13.2. The maximum Gasteiger partial charge on any atom is 0.416 e. The molecule has 0 aliphatic carbocycles. The number of fused-ring (bicyclic) bond motifs is 1. The van der Waals surface area contributed by atoms with Crippen LogP contribution >= 0.6 is 0 Å². The number of hydrogen-bond acceptors (Lipinski definition) is 3. The topological polar surface area (TPSA) is 68.9 Å². The van der Waals surface area contributed by atoms with E-state index in [1.54, 1.807) is 35.2 Å². The Morgan fingerprint density at radius 1 is 1.09 bits per heavy atom. The minimum absolute atomic E-state index is 0.0316. The molecule has 6 nitrogen and oxygen atoms in total. The van der Waals surface area contributed by atoms with Crippen LogP contribution in [-0.4, -0.2) is 26.6 Å². The number of imidazole rings is 1. The van der Waals surface area contributed by atoms with E-state index in [1.165, 1.54) is 18.2 Å². The molecule has 0 aliphatic heterocycles. The number of hydrogen-bond donors (Lipinski definition) is 1. The van der Waals surface area contributed by atoms with Gasteiger partial charge in [-0.25, -0.2) is 4.98 Å². The summed E-state index contributed by atoms with van der Waals surface area (Å²) in [6.07, 6.45) is -0.616.